The molecule has 1 saturated heterocycles. The third-order valence-corrected chi connectivity index (χ3v) is 4.65. The number of likely N-dealkylation sites (N-methyl/N-ethyl adjacent to an activating group) is 1. The van der Waals surface area contributed by atoms with Crippen LogP contribution in [0.15, 0.2) is 18.2 Å². The van der Waals surface area contributed by atoms with Crippen LogP contribution in [0, 0.1) is 5.82 Å². The molecule has 4 heteroatoms. The molecule has 1 atom stereocenters. The van der Waals surface area contributed by atoms with Crippen molar-refractivity contribution in [3.8, 4) is 0 Å². The standard InChI is InChI=1S/C17H26FN3/c1-3-20-6-7-21(12-13(20)2)17-9-14(8-15(18)10-17)11-19-16-4-5-16/h8-10,13,16,19H,3-7,11-12H2,1-2H3. The molecule has 1 saturated carbocycles. The van der Waals surface area contributed by atoms with E-state index in [4.69, 9.17) is 0 Å². The van der Waals surface area contributed by atoms with Gasteiger partial charge in [0.15, 0.2) is 0 Å². The van der Waals surface area contributed by atoms with E-state index < -0.39 is 0 Å². The number of hydrogen-bond donors (Lipinski definition) is 1. The van der Waals surface area contributed by atoms with E-state index in [2.05, 4.69) is 35.0 Å². The molecule has 0 amide bonds. The minimum absolute atomic E-state index is 0.120. The summed E-state index contributed by atoms with van der Waals surface area (Å²) in [4.78, 5) is 4.80. The van der Waals surface area contributed by atoms with Crippen molar-refractivity contribution in [2.45, 2.75) is 45.3 Å². The molecule has 1 heterocycles. The number of halogens is 1. The second-order valence-corrected chi connectivity index (χ2v) is 6.40. The number of rotatable bonds is 5. The summed E-state index contributed by atoms with van der Waals surface area (Å²) in [5.74, 6) is -0.120. The predicted molar refractivity (Wildman–Crippen MR) is 85.2 cm³/mol. The van der Waals surface area contributed by atoms with Gasteiger partial charge in [-0.2, -0.15) is 0 Å². The maximum absolute atomic E-state index is 13.9. The predicted octanol–water partition coefficient (Wildman–Crippen LogP) is 2.61. The van der Waals surface area contributed by atoms with Gasteiger partial charge in [-0.15, -0.1) is 0 Å². The van der Waals surface area contributed by atoms with E-state index in [1.165, 1.54) is 12.8 Å². The van der Waals surface area contributed by atoms with E-state index in [0.29, 0.717) is 12.1 Å². The van der Waals surface area contributed by atoms with Crippen molar-refractivity contribution in [3.05, 3.63) is 29.6 Å². The fourth-order valence-corrected chi connectivity index (χ4v) is 3.17. The summed E-state index contributed by atoms with van der Waals surface area (Å²) in [6.45, 7) is 9.35. The maximum Gasteiger partial charge on any atom is 0.125 e. The van der Waals surface area contributed by atoms with Crippen LogP contribution in [0.5, 0.6) is 0 Å². The van der Waals surface area contributed by atoms with E-state index in [9.17, 15) is 4.39 Å². The number of anilines is 1. The van der Waals surface area contributed by atoms with E-state index in [1.807, 2.05) is 0 Å². The first kappa shape index (κ1) is 14.8. The lowest BCUT2D eigenvalue weighted by Gasteiger charge is -2.40. The zero-order chi connectivity index (χ0) is 14.8. The lowest BCUT2D eigenvalue weighted by Crippen LogP contribution is -2.51. The summed E-state index contributed by atoms with van der Waals surface area (Å²) in [6.07, 6.45) is 2.53. The van der Waals surface area contributed by atoms with Gasteiger partial charge in [0.05, 0.1) is 0 Å². The van der Waals surface area contributed by atoms with Gasteiger partial charge in [-0.05, 0) is 50.1 Å². The largest absolute Gasteiger partial charge is 0.369 e. The van der Waals surface area contributed by atoms with Crippen molar-refractivity contribution < 1.29 is 4.39 Å². The molecule has 1 aliphatic carbocycles. The SMILES string of the molecule is CCN1CCN(c2cc(F)cc(CNC3CC3)c2)CC1C. The molecule has 2 fully saturated rings. The summed E-state index contributed by atoms with van der Waals surface area (Å²) < 4.78 is 13.9. The van der Waals surface area contributed by atoms with E-state index in [-0.39, 0.29) is 5.82 Å². The van der Waals surface area contributed by atoms with Crippen LogP contribution < -0.4 is 10.2 Å². The molecule has 0 radical (unpaired) electrons. The van der Waals surface area contributed by atoms with Gasteiger partial charge in [0.2, 0.25) is 0 Å². The smallest absolute Gasteiger partial charge is 0.125 e. The van der Waals surface area contributed by atoms with Crippen molar-refractivity contribution in [3.63, 3.8) is 0 Å². The molecule has 1 aliphatic heterocycles. The zero-order valence-corrected chi connectivity index (χ0v) is 13.1. The number of benzene rings is 1. The van der Waals surface area contributed by atoms with Crippen LogP contribution in [-0.2, 0) is 6.54 Å². The quantitative estimate of drug-likeness (QED) is 0.899. The highest BCUT2D eigenvalue weighted by Gasteiger charge is 2.23. The molecular formula is C17H26FN3. The molecule has 0 spiro atoms. The topological polar surface area (TPSA) is 18.5 Å². The Kier molecular flexibility index (Phi) is 4.45. The van der Waals surface area contributed by atoms with Crippen molar-refractivity contribution in [2.24, 2.45) is 0 Å². The lowest BCUT2D eigenvalue weighted by atomic mass is 10.1. The molecule has 1 aromatic rings. The number of nitrogens with one attached hydrogen (secondary N) is 1. The third-order valence-electron chi connectivity index (χ3n) is 4.65. The fraction of sp³-hybridized carbons (Fsp3) is 0.647. The highest BCUT2D eigenvalue weighted by molar-refractivity contribution is 5.49. The van der Waals surface area contributed by atoms with Crippen molar-refractivity contribution >= 4 is 5.69 Å². The monoisotopic (exact) mass is 291 g/mol. The summed E-state index contributed by atoms with van der Waals surface area (Å²) in [6, 6.07) is 6.66. The third kappa shape index (κ3) is 3.74. The molecule has 21 heavy (non-hydrogen) atoms. The van der Waals surface area contributed by atoms with E-state index >= 15 is 0 Å². The molecule has 0 bridgehead atoms. The summed E-state index contributed by atoms with van der Waals surface area (Å²) >= 11 is 0. The van der Waals surface area contributed by atoms with Crippen LogP contribution in [0.25, 0.3) is 0 Å². The van der Waals surface area contributed by atoms with E-state index in [1.54, 1.807) is 12.1 Å². The van der Waals surface area contributed by atoms with Gasteiger partial charge in [0, 0.05) is 44.0 Å². The van der Waals surface area contributed by atoms with Gasteiger partial charge in [0.1, 0.15) is 5.82 Å². The Morgan fingerprint density at radius 3 is 2.71 bits per heavy atom. The fourth-order valence-electron chi connectivity index (χ4n) is 3.17. The molecule has 3 nitrogen and oxygen atoms in total. The summed E-state index contributed by atoms with van der Waals surface area (Å²) in [7, 11) is 0. The lowest BCUT2D eigenvalue weighted by molar-refractivity contribution is 0.199. The average molecular weight is 291 g/mol. The van der Waals surface area contributed by atoms with Gasteiger partial charge >= 0.3 is 0 Å². The van der Waals surface area contributed by atoms with Gasteiger partial charge in [0.25, 0.3) is 0 Å². The van der Waals surface area contributed by atoms with Crippen molar-refractivity contribution in [2.75, 3.05) is 31.1 Å². The van der Waals surface area contributed by atoms with Gasteiger partial charge in [-0.1, -0.05) is 6.92 Å². The maximum atomic E-state index is 13.9. The van der Waals surface area contributed by atoms with Crippen LogP contribution in [0.1, 0.15) is 32.3 Å². The Morgan fingerprint density at radius 2 is 2.05 bits per heavy atom. The Hall–Kier alpha value is -1.13. The Morgan fingerprint density at radius 1 is 1.24 bits per heavy atom. The first-order chi connectivity index (χ1) is 10.2. The highest BCUT2D eigenvalue weighted by atomic mass is 19.1. The van der Waals surface area contributed by atoms with Crippen molar-refractivity contribution in [1.29, 1.82) is 0 Å². The van der Waals surface area contributed by atoms with Crippen LogP contribution in [-0.4, -0.2) is 43.2 Å². The number of hydrogen-bond acceptors (Lipinski definition) is 3. The van der Waals surface area contributed by atoms with Crippen LogP contribution >= 0.6 is 0 Å². The average Bonchev–Trinajstić information content (AvgIpc) is 3.28. The van der Waals surface area contributed by atoms with Crippen LogP contribution in [0.3, 0.4) is 0 Å². The van der Waals surface area contributed by atoms with E-state index in [0.717, 1.165) is 44.0 Å². The zero-order valence-electron chi connectivity index (χ0n) is 13.1. The Bertz CT molecular complexity index is 487. The first-order valence-electron chi connectivity index (χ1n) is 8.17. The second kappa shape index (κ2) is 6.32. The molecule has 2 aliphatic rings. The normalized spacial score (nSPS) is 23.6. The molecule has 1 aromatic carbocycles. The molecule has 1 N–H and O–H groups in total. The summed E-state index contributed by atoms with van der Waals surface area (Å²) in [5.41, 5.74) is 2.09. The first-order valence-corrected chi connectivity index (χ1v) is 8.17. The summed E-state index contributed by atoms with van der Waals surface area (Å²) in [5, 5.41) is 3.46. The highest BCUT2D eigenvalue weighted by Crippen LogP contribution is 2.24. The number of piperazine rings is 1. The van der Waals surface area contributed by atoms with Crippen LogP contribution in [0.2, 0.25) is 0 Å². The minimum atomic E-state index is -0.120. The van der Waals surface area contributed by atoms with Gasteiger partial charge in [-0.25, -0.2) is 4.39 Å². The van der Waals surface area contributed by atoms with Gasteiger partial charge in [-0.3, -0.25) is 4.90 Å². The second-order valence-electron chi connectivity index (χ2n) is 6.40. The Balaban J connectivity index is 1.68. The molecule has 1 unspecified atom stereocenters. The minimum Gasteiger partial charge on any atom is -0.369 e. The Labute approximate surface area is 127 Å². The van der Waals surface area contributed by atoms with Crippen molar-refractivity contribution in [1.82, 2.24) is 10.2 Å². The molecular weight excluding hydrogens is 265 g/mol. The van der Waals surface area contributed by atoms with Crippen LogP contribution in [0.4, 0.5) is 10.1 Å². The molecule has 116 valence electrons. The number of nitrogens with zero attached hydrogens (tertiary/aromatic N) is 2. The molecule has 0 aromatic heterocycles. The molecule has 3 rings (SSSR count). The van der Waals surface area contributed by atoms with Gasteiger partial charge < -0.3 is 10.2 Å².